The maximum atomic E-state index is 13.2. The Morgan fingerprint density at radius 2 is 1.87 bits per heavy atom. The molecule has 0 amide bonds. The molecule has 0 aliphatic carbocycles. The van der Waals surface area contributed by atoms with E-state index in [1.807, 2.05) is 6.07 Å². The van der Waals surface area contributed by atoms with E-state index in [-0.39, 0.29) is 0 Å². The van der Waals surface area contributed by atoms with Crippen LogP contribution in [0.3, 0.4) is 0 Å². The van der Waals surface area contributed by atoms with Crippen molar-refractivity contribution in [2.45, 2.75) is 13.1 Å². The van der Waals surface area contributed by atoms with Crippen molar-refractivity contribution >= 4 is 0 Å². The highest BCUT2D eigenvalue weighted by atomic mass is 19.1. The first-order chi connectivity index (χ1) is 7.13. The number of rotatable bonds is 3. The van der Waals surface area contributed by atoms with Crippen LogP contribution in [-0.4, -0.2) is 14.2 Å². The Morgan fingerprint density at radius 1 is 1.27 bits per heavy atom. The van der Waals surface area contributed by atoms with E-state index in [1.54, 1.807) is 0 Å². The van der Waals surface area contributed by atoms with Crippen molar-refractivity contribution in [1.82, 2.24) is 0 Å². The topological polar surface area (TPSA) is 42.2 Å². The van der Waals surface area contributed by atoms with E-state index in [2.05, 4.69) is 0 Å². The summed E-state index contributed by atoms with van der Waals surface area (Å²) in [6, 6.07) is 4.91. The van der Waals surface area contributed by atoms with Crippen LogP contribution in [0.15, 0.2) is 12.1 Å². The molecule has 0 aromatic heterocycles. The minimum atomic E-state index is -1.18. The normalized spacial score (nSPS) is 11.7. The molecule has 1 aromatic rings. The quantitative estimate of drug-likeness (QED) is 0.768. The summed E-state index contributed by atoms with van der Waals surface area (Å²) in [5.41, 5.74) is 0.660. The molecule has 0 bridgehead atoms. The van der Waals surface area contributed by atoms with Gasteiger partial charge >= 0.3 is 0 Å². The summed E-state index contributed by atoms with van der Waals surface area (Å²) >= 11 is 0. The van der Waals surface area contributed by atoms with Crippen LogP contribution in [0.1, 0.15) is 24.2 Å². The number of halogens is 1. The fraction of sp³-hybridized carbons (Fsp3) is 0.364. The average molecular weight is 209 g/mol. The summed E-state index contributed by atoms with van der Waals surface area (Å²) in [5, 5.41) is 8.83. The van der Waals surface area contributed by atoms with E-state index in [9.17, 15) is 4.39 Å². The van der Waals surface area contributed by atoms with Gasteiger partial charge in [0.25, 0.3) is 0 Å². The summed E-state index contributed by atoms with van der Waals surface area (Å²) in [7, 11) is 2.90. The predicted molar refractivity (Wildman–Crippen MR) is 53.8 cm³/mol. The van der Waals surface area contributed by atoms with Crippen LogP contribution in [0.4, 0.5) is 4.39 Å². The van der Waals surface area contributed by atoms with Crippen molar-refractivity contribution in [2.75, 3.05) is 14.2 Å². The van der Waals surface area contributed by atoms with Crippen LogP contribution >= 0.6 is 0 Å². The lowest BCUT2D eigenvalue weighted by atomic mass is 10.1. The highest BCUT2D eigenvalue weighted by Crippen LogP contribution is 2.33. The maximum absolute atomic E-state index is 13.2. The number of hydrogen-bond acceptors (Lipinski definition) is 3. The van der Waals surface area contributed by atoms with E-state index in [0.717, 1.165) is 0 Å². The lowest BCUT2D eigenvalue weighted by Gasteiger charge is -2.12. The summed E-state index contributed by atoms with van der Waals surface area (Å²) < 4.78 is 23.2. The lowest BCUT2D eigenvalue weighted by molar-refractivity contribution is 0.342. The Labute approximate surface area is 88.0 Å². The molecule has 0 radical (unpaired) electrons. The minimum absolute atomic E-state index is 0.304. The number of ether oxygens (including phenoxy) is 2. The zero-order chi connectivity index (χ0) is 11.4. The molecule has 15 heavy (non-hydrogen) atoms. The SMILES string of the molecule is COc1cc(OC)c(C(C)F)cc1C#N. The molecule has 80 valence electrons. The van der Waals surface area contributed by atoms with Crippen molar-refractivity contribution in [2.24, 2.45) is 0 Å². The molecule has 0 aliphatic heterocycles. The van der Waals surface area contributed by atoms with Gasteiger partial charge in [-0.15, -0.1) is 0 Å². The van der Waals surface area contributed by atoms with Gasteiger partial charge in [0.05, 0.1) is 19.8 Å². The monoisotopic (exact) mass is 209 g/mol. The molecule has 1 aromatic carbocycles. The van der Waals surface area contributed by atoms with Crippen molar-refractivity contribution in [1.29, 1.82) is 5.26 Å². The molecule has 1 unspecified atom stereocenters. The Kier molecular flexibility index (Phi) is 3.51. The van der Waals surface area contributed by atoms with Crippen LogP contribution in [0.25, 0.3) is 0 Å². The van der Waals surface area contributed by atoms with Gasteiger partial charge < -0.3 is 9.47 Å². The lowest BCUT2D eigenvalue weighted by Crippen LogP contribution is -1.97. The highest BCUT2D eigenvalue weighted by molar-refractivity contribution is 5.52. The molecule has 3 nitrogen and oxygen atoms in total. The van der Waals surface area contributed by atoms with Crippen molar-refractivity contribution in [3.63, 3.8) is 0 Å². The molecule has 0 spiro atoms. The molecular weight excluding hydrogens is 197 g/mol. The van der Waals surface area contributed by atoms with E-state index in [4.69, 9.17) is 14.7 Å². The van der Waals surface area contributed by atoms with Gasteiger partial charge in [0.15, 0.2) is 0 Å². The Morgan fingerprint density at radius 3 is 2.27 bits per heavy atom. The van der Waals surface area contributed by atoms with Crippen LogP contribution in [0, 0.1) is 11.3 Å². The van der Waals surface area contributed by atoms with Gasteiger partial charge in [0.2, 0.25) is 0 Å². The predicted octanol–water partition coefficient (Wildman–Crippen LogP) is 2.61. The fourth-order valence-corrected chi connectivity index (χ4v) is 1.32. The van der Waals surface area contributed by atoms with Gasteiger partial charge in [-0.3, -0.25) is 0 Å². The van der Waals surface area contributed by atoms with Gasteiger partial charge in [-0.2, -0.15) is 5.26 Å². The number of nitrogens with zero attached hydrogens (tertiary/aromatic N) is 1. The van der Waals surface area contributed by atoms with Crippen molar-refractivity contribution in [3.05, 3.63) is 23.3 Å². The number of nitriles is 1. The molecule has 0 fully saturated rings. The second-order valence-electron chi connectivity index (χ2n) is 3.02. The largest absolute Gasteiger partial charge is 0.496 e. The summed E-state index contributed by atoms with van der Waals surface area (Å²) in [4.78, 5) is 0. The van der Waals surface area contributed by atoms with E-state index in [1.165, 1.54) is 33.3 Å². The van der Waals surface area contributed by atoms with Crippen LogP contribution in [0.5, 0.6) is 11.5 Å². The first-order valence-corrected chi connectivity index (χ1v) is 4.44. The smallest absolute Gasteiger partial charge is 0.140 e. The average Bonchev–Trinajstić information content (AvgIpc) is 2.26. The Bertz CT molecular complexity index is 396. The number of benzene rings is 1. The molecule has 0 saturated heterocycles. The molecule has 1 atom stereocenters. The highest BCUT2D eigenvalue weighted by Gasteiger charge is 2.15. The summed E-state index contributed by atoms with van der Waals surface area (Å²) in [6.07, 6.45) is -1.18. The van der Waals surface area contributed by atoms with Crippen LogP contribution < -0.4 is 9.47 Å². The summed E-state index contributed by atoms with van der Waals surface area (Å²) in [6.45, 7) is 1.39. The minimum Gasteiger partial charge on any atom is -0.496 e. The molecule has 0 aliphatic rings. The van der Waals surface area contributed by atoms with Crippen molar-refractivity contribution in [3.8, 4) is 17.6 Å². The molecular formula is C11H12FNO2. The first kappa shape index (κ1) is 11.3. The number of alkyl halides is 1. The van der Waals surface area contributed by atoms with E-state index < -0.39 is 6.17 Å². The zero-order valence-corrected chi connectivity index (χ0v) is 8.87. The van der Waals surface area contributed by atoms with Crippen molar-refractivity contribution < 1.29 is 13.9 Å². The standard InChI is InChI=1S/C11H12FNO2/c1-7(12)9-4-8(6-13)10(14-2)5-11(9)15-3/h4-5,7H,1-3H3. The second kappa shape index (κ2) is 4.65. The van der Waals surface area contributed by atoms with Crippen LogP contribution in [-0.2, 0) is 0 Å². The maximum Gasteiger partial charge on any atom is 0.140 e. The summed E-state index contributed by atoms with van der Waals surface area (Å²) in [5.74, 6) is 0.777. The molecule has 1 rings (SSSR count). The third-order valence-corrected chi connectivity index (χ3v) is 2.10. The Balaban J connectivity index is 3.36. The third kappa shape index (κ3) is 2.18. The van der Waals surface area contributed by atoms with Gasteiger partial charge in [-0.1, -0.05) is 0 Å². The molecule has 0 heterocycles. The van der Waals surface area contributed by atoms with E-state index >= 15 is 0 Å². The Hall–Kier alpha value is -1.76. The molecule has 0 N–H and O–H groups in total. The van der Waals surface area contributed by atoms with Crippen LogP contribution in [0.2, 0.25) is 0 Å². The number of methoxy groups -OCH3 is 2. The van der Waals surface area contributed by atoms with Gasteiger partial charge in [-0.25, -0.2) is 4.39 Å². The molecule has 0 saturated carbocycles. The second-order valence-corrected chi connectivity index (χ2v) is 3.02. The first-order valence-electron chi connectivity index (χ1n) is 4.44. The number of hydrogen-bond donors (Lipinski definition) is 0. The zero-order valence-electron chi connectivity index (χ0n) is 8.87. The van der Waals surface area contributed by atoms with Gasteiger partial charge in [0.1, 0.15) is 23.7 Å². The van der Waals surface area contributed by atoms with Gasteiger partial charge in [0, 0.05) is 11.6 Å². The molecule has 4 heteroatoms. The van der Waals surface area contributed by atoms with E-state index in [0.29, 0.717) is 22.6 Å². The third-order valence-electron chi connectivity index (χ3n) is 2.10. The van der Waals surface area contributed by atoms with Gasteiger partial charge in [-0.05, 0) is 13.0 Å². The fourth-order valence-electron chi connectivity index (χ4n) is 1.32.